The van der Waals surface area contributed by atoms with Crippen LogP contribution in [0.2, 0.25) is 0 Å². The Bertz CT molecular complexity index is 1450. The summed E-state index contributed by atoms with van der Waals surface area (Å²) >= 11 is 8.23. The third-order valence-electron chi connectivity index (χ3n) is 5.17. The molecule has 0 fully saturated rings. The van der Waals surface area contributed by atoms with Crippen molar-refractivity contribution in [3.63, 3.8) is 0 Å². The van der Waals surface area contributed by atoms with Gasteiger partial charge in [-0.3, -0.25) is 13.9 Å². The number of nitriles is 1. The second kappa shape index (κ2) is 8.42. The zero-order valence-corrected chi connectivity index (χ0v) is 20.0. The lowest BCUT2D eigenvalue weighted by molar-refractivity contribution is 0.802. The summed E-state index contributed by atoms with van der Waals surface area (Å²) in [5.74, 6) is 0.192. The molecule has 4 rings (SSSR count). The Labute approximate surface area is 193 Å². The normalized spacial score (nSPS) is 11.1. The van der Waals surface area contributed by atoms with Crippen LogP contribution in [0.15, 0.2) is 46.3 Å². The van der Waals surface area contributed by atoms with Gasteiger partial charge in [0.1, 0.15) is 4.70 Å². The molecular weight excluding hydrogens is 444 g/mol. The van der Waals surface area contributed by atoms with Crippen LogP contribution in [0.5, 0.6) is 0 Å². The van der Waals surface area contributed by atoms with Gasteiger partial charge in [0.05, 0.1) is 23.2 Å². The number of rotatable bonds is 4. The molecule has 0 aliphatic heterocycles. The molecule has 2 aromatic heterocycles. The van der Waals surface area contributed by atoms with Crippen molar-refractivity contribution in [2.45, 2.75) is 32.9 Å². The van der Waals surface area contributed by atoms with E-state index in [9.17, 15) is 10.1 Å². The fourth-order valence-electron chi connectivity index (χ4n) is 3.84. The van der Waals surface area contributed by atoms with Gasteiger partial charge in [-0.1, -0.05) is 59.5 Å². The van der Waals surface area contributed by atoms with Gasteiger partial charge >= 0.3 is 0 Å². The molecule has 0 N–H and O–H groups in total. The molecular formula is C23H20N4OS3. The van der Waals surface area contributed by atoms with Crippen LogP contribution < -0.4 is 5.56 Å². The Morgan fingerprint density at radius 1 is 1.00 bits per heavy atom. The van der Waals surface area contributed by atoms with Crippen LogP contribution in [0.25, 0.3) is 21.7 Å². The van der Waals surface area contributed by atoms with Crippen LogP contribution in [0, 0.1) is 43.0 Å². The van der Waals surface area contributed by atoms with E-state index in [1.165, 1.54) is 23.1 Å². The number of thiazole rings is 1. The van der Waals surface area contributed by atoms with Crippen LogP contribution in [-0.2, 0) is 0 Å². The largest absolute Gasteiger partial charge is 0.278 e. The molecule has 0 amide bonds. The molecule has 2 heterocycles. The third kappa shape index (κ3) is 3.63. The maximum absolute atomic E-state index is 13.8. The number of nitrogens with zero attached hydrogens (tertiary/aromatic N) is 4. The fourth-order valence-corrected chi connectivity index (χ4v) is 5.77. The molecule has 31 heavy (non-hydrogen) atoms. The Kier molecular flexibility index (Phi) is 5.84. The second-order valence-electron chi connectivity index (χ2n) is 7.32. The fraction of sp³-hybridized carbons (Fsp3) is 0.217. The first-order chi connectivity index (χ1) is 14.8. The number of fused-ring (bicyclic) bond motifs is 1. The van der Waals surface area contributed by atoms with E-state index in [-0.39, 0.29) is 11.3 Å². The van der Waals surface area contributed by atoms with Crippen LogP contribution in [0.1, 0.15) is 22.3 Å². The van der Waals surface area contributed by atoms with E-state index < -0.39 is 0 Å². The summed E-state index contributed by atoms with van der Waals surface area (Å²) in [6.07, 6.45) is 0. The smallest absolute Gasteiger partial charge is 0.275 e. The number of hydrogen-bond acceptors (Lipinski definition) is 6. The van der Waals surface area contributed by atoms with Crippen LogP contribution in [0.4, 0.5) is 0 Å². The molecule has 2 aromatic carbocycles. The van der Waals surface area contributed by atoms with Gasteiger partial charge in [0, 0.05) is 0 Å². The highest BCUT2D eigenvalue weighted by Gasteiger charge is 2.21. The number of thioether (sulfide) groups is 1. The highest BCUT2D eigenvalue weighted by atomic mass is 32.2. The van der Waals surface area contributed by atoms with E-state index in [1.807, 2.05) is 68.7 Å². The summed E-state index contributed by atoms with van der Waals surface area (Å²) in [5.41, 5.74) is 6.20. The summed E-state index contributed by atoms with van der Waals surface area (Å²) in [7, 11) is 0. The minimum absolute atomic E-state index is 0.163. The molecule has 8 heteroatoms. The molecule has 0 saturated carbocycles. The summed E-state index contributed by atoms with van der Waals surface area (Å²) in [4.78, 5) is 18.7. The monoisotopic (exact) mass is 464 g/mol. The van der Waals surface area contributed by atoms with Crippen molar-refractivity contribution in [1.29, 1.82) is 5.26 Å². The van der Waals surface area contributed by atoms with E-state index in [0.717, 1.165) is 33.6 Å². The van der Waals surface area contributed by atoms with Crippen molar-refractivity contribution in [1.82, 2.24) is 14.1 Å². The lowest BCUT2D eigenvalue weighted by atomic mass is 10.1. The van der Waals surface area contributed by atoms with Gasteiger partial charge in [-0.15, -0.1) is 0 Å². The van der Waals surface area contributed by atoms with Gasteiger partial charge in [-0.05, 0) is 62.2 Å². The van der Waals surface area contributed by atoms with Crippen molar-refractivity contribution in [2.75, 3.05) is 5.75 Å². The third-order valence-corrected chi connectivity index (χ3v) is 7.33. The van der Waals surface area contributed by atoms with E-state index in [4.69, 9.17) is 17.2 Å². The van der Waals surface area contributed by atoms with Crippen molar-refractivity contribution >= 4 is 45.7 Å². The first-order valence-corrected chi connectivity index (χ1v) is 11.9. The molecule has 0 saturated heterocycles. The maximum atomic E-state index is 13.8. The molecule has 0 unspecified atom stereocenters. The molecule has 4 aromatic rings. The quantitative estimate of drug-likeness (QED) is 0.216. The Morgan fingerprint density at radius 3 is 2.03 bits per heavy atom. The number of aromatic nitrogens is 3. The average molecular weight is 465 g/mol. The van der Waals surface area contributed by atoms with Crippen molar-refractivity contribution in [2.24, 2.45) is 0 Å². The minimum atomic E-state index is -0.163. The Balaban J connectivity index is 2.14. The van der Waals surface area contributed by atoms with Crippen molar-refractivity contribution < 1.29 is 0 Å². The van der Waals surface area contributed by atoms with Crippen LogP contribution in [0.3, 0.4) is 0 Å². The lowest BCUT2D eigenvalue weighted by Crippen LogP contribution is -2.23. The molecule has 5 nitrogen and oxygen atoms in total. The minimum Gasteiger partial charge on any atom is -0.275 e. The predicted octanol–water partition coefficient (Wildman–Crippen LogP) is 5.82. The van der Waals surface area contributed by atoms with E-state index >= 15 is 0 Å². The zero-order chi connectivity index (χ0) is 22.3. The molecule has 0 aliphatic carbocycles. The number of benzene rings is 2. The molecule has 0 spiro atoms. The Hall–Kier alpha value is -2.73. The summed E-state index contributed by atoms with van der Waals surface area (Å²) in [6, 6.07) is 14.1. The highest BCUT2D eigenvalue weighted by molar-refractivity contribution is 7.99. The maximum Gasteiger partial charge on any atom is 0.278 e. The number of para-hydroxylation sites is 2. The molecule has 0 radical (unpaired) electrons. The van der Waals surface area contributed by atoms with Gasteiger partial charge in [0.25, 0.3) is 5.56 Å². The topological polar surface area (TPSA) is 63.6 Å². The standard InChI is InChI=1S/C23H20N4OS3/c1-13-7-5-8-14(2)17(13)26-20-19(31-23(26)29)21(28)27(22(25-20)30-12-11-24)18-15(3)9-6-10-16(18)4/h5-10H,12H2,1-4H3. The van der Waals surface area contributed by atoms with Crippen molar-refractivity contribution in [3.8, 4) is 17.4 Å². The van der Waals surface area contributed by atoms with Gasteiger partial charge in [0.15, 0.2) is 14.8 Å². The summed E-state index contributed by atoms with van der Waals surface area (Å²) in [6.45, 7) is 8.00. The summed E-state index contributed by atoms with van der Waals surface area (Å²) in [5, 5.41) is 9.67. The lowest BCUT2D eigenvalue weighted by Gasteiger charge is -2.17. The van der Waals surface area contributed by atoms with Gasteiger partial charge in [0.2, 0.25) is 0 Å². The first kappa shape index (κ1) is 21.5. The zero-order valence-electron chi connectivity index (χ0n) is 17.6. The van der Waals surface area contributed by atoms with Crippen molar-refractivity contribution in [3.05, 3.63) is 73.0 Å². The average Bonchev–Trinajstić information content (AvgIpc) is 3.04. The highest BCUT2D eigenvalue weighted by Crippen LogP contribution is 2.31. The Morgan fingerprint density at radius 2 is 1.52 bits per heavy atom. The molecule has 156 valence electrons. The molecule has 0 bridgehead atoms. The van der Waals surface area contributed by atoms with Crippen LogP contribution >= 0.6 is 35.3 Å². The second-order valence-corrected chi connectivity index (χ2v) is 9.91. The van der Waals surface area contributed by atoms with E-state index in [0.29, 0.717) is 19.5 Å². The number of hydrogen-bond donors (Lipinski definition) is 0. The first-order valence-electron chi connectivity index (χ1n) is 9.66. The van der Waals surface area contributed by atoms with Crippen LogP contribution in [-0.4, -0.2) is 19.9 Å². The predicted molar refractivity (Wildman–Crippen MR) is 131 cm³/mol. The van der Waals surface area contributed by atoms with Gasteiger partial charge in [-0.2, -0.15) is 5.26 Å². The molecule has 0 aliphatic rings. The van der Waals surface area contributed by atoms with Gasteiger partial charge in [-0.25, -0.2) is 4.98 Å². The van der Waals surface area contributed by atoms with E-state index in [2.05, 4.69) is 6.07 Å². The summed E-state index contributed by atoms with van der Waals surface area (Å²) < 4.78 is 4.62. The SMILES string of the molecule is Cc1cccc(C)c1-n1c(SCC#N)nc2c(sc(=S)n2-c2c(C)cccc2C)c1=O. The number of aryl methyl sites for hydroxylation is 4. The molecule has 0 atom stereocenters. The van der Waals surface area contributed by atoms with E-state index in [1.54, 1.807) is 4.57 Å². The van der Waals surface area contributed by atoms with Gasteiger partial charge < -0.3 is 0 Å².